The Kier molecular flexibility index (Phi) is 34.9. The second kappa shape index (κ2) is 44.0. The fraction of sp³-hybridized carbons (Fsp3) is 0.522. The summed E-state index contributed by atoms with van der Waals surface area (Å²) in [6, 6.07) is -9.20. The molecule has 27 N–H and O–H groups in total. The number of nitrogens with one attached hydrogen (secondary N) is 15. The van der Waals surface area contributed by atoms with Gasteiger partial charge in [0.25, 0.3) is 0 Å². The number of aromatic hydroxyl groups is 1. The Morgan fingerprint density at radius 2 is 1.28 bits per heavy atom. The van der Waals surface area contributed by atoms with Crippen molar-refractivity contribution in [3.8, 4) is 5.75 Å². The average Bonchev–Trinajstić information content (AvgIpc) is 1.72. The van der Waals surface area contributed by atoms with E-state index in [4.69, 9.17) is 28.3 Å². The first kappa shape index (κ1) is 89.7. The molecule has 4 heterocycles. The number of benzene rings is 2. The monoisotopic (exact) mass is 1600 g/mol. The van der Waals surface area contributed by atoms with Gasteiger partial charge in [-0.3, -0.25) is 77.2 Å². The number of thiol groups is 1. The van der Waals surface area contributed by atoms with Gasteiger partial charge in [-0.1, -0.05) is 42.5 Å². The van der Waals surface area contributed by atoms with Crippen LogP contribution in [-0.4, -0.2) is 257 Å². The molecule has 616 valence electrons. The van der Waals surface area contributed by atoms with Crippen LogP contribution in [0.4, 0.5) is 4.79 Å². The third-order valence-corrected chi connectivity index (χ3v) is 18.7. The zero-order valence-electron chi connectivity index (χ0n) is 62.0. The summed E-state index contributed by atoms with van der Waals surface area (Å²) in [5.74, 6) is -18.2. The molecule has 1 saturated heterocycles. The number of hydrogen-bond acceptors (Lipinski definition) is 23. The number of para-hydroxylation sites is 1. The number of aryl methyl sites for hydroxylation is 1. The molecule has 2 aliphatic heterocycles. The second-order valence-corrected chi connectivity index (χ2v) is 27.4. The molecule has 2 bridgehead atoms. The van der Waals surface area contributed by atoms with Gasteiger partial charge in [-0.15, -0.1) is 5.10 Å². The highest BCUT2D eigenvalue weighted by Gasteiger charge is 2.43. The largest absolute Gasteiger partial charge is 0.508 e. The van der Waals surface area contributed by atoms with Crippen LogP contribution in [0.1, 0.15) is 108 Å². The summed E-state index contributed by atoms with van der Waals surface area (Å²) in [6.45, 7) is 1.40. The van der Waals surface area contributed by atoms with Gasteiger partial charge in [-0.25, -0.2) is 9.59 Å². The highest BCUT2D eigenvalue weighted by Crippen LogP contribution is 2.23. The van der Waals surface area contributed by atoms with E-state index in [0.717, 1.165) is 11.8 Å². The topological polar surface area (TPSA) is 688 Å². The number of carbonyl (C=O) groups excluding carboxylic acids is 14. The van der Waals surface area contributed by atoms with Crippen LogP contribution >= 0.6 is 12.6 Å². The fourth-order valence-corrected chi connectivity index (χ4v) is 12.7. The number of primary amides is 2. The summed E-state index contributed by atoms with van der Waals surface area (Å²) < 4.78 is 1.20. The van der Waals surface area contributed by atoms with Gasteiger partial charge in [0.2, 0.25) is 76.8 Å². The van der Waals surface area contributed by atoms with Crippen LogP contribution in [0.3, 0.4) is 0 Å². The SMILES string of the molecule is CC[C@H](NC(=O)CN)C(=O)N[C@H]1Cc2cn(nn2)CCC[C@H](C(=O)N[C@H](Cc2ccc(O)cc2)C(=O)O)NC(=O)[C@H](CCC(N)=O)NC(=O)C(Cc2c[nH]c3ccccc23)NC(=O)[C@H](CCCNC(N)=O)NC(=O)[C@H](CS)NC(=O)[C@H](CCCNC(=N)N)NC(=O)C2CCCN2C(=O)[C@H](CC(=O)O)NC(=O)[C@H]([C@@H](C)O)NC1=O. The maximum absolute atomic E-state index is 15.1. The second-order valence-electron chi connectivity index (χ2n) is 27.0. The number of phenolic OH excluding ortho intramolecular Hbond substituents is 1. The van der Waals surface area contributed by atoms with Crippen LogP contribution in [0.5, 0.6) is 5.75 Å². The molecular weight excluding hydrogens is 1500 g/mol. The van der Waals surface area contributed by atoms with E-state index in [1.807, 2.05) is 0 Å². The predicted octanol–water partition coefficient (Wildman–Crippen LogP) is -7.17. The number of H-pyrrole nitrogens is 1. The zero-order chi connectivity index (χ0) is 83.2. The van der Waals surface area contributed by atoms with Crippen molar-refractivity contribution in [2.75, 3.05) is 31.9 Å². The highest BCUT2D eigenvalue weighted by molar-refractivity contribution is 7.80. The third kappa shape index (κ3) is 28.2. The summed E-state index contributed by atoms with van der Waals surface area (Å²) >= 11 is 4.33. The number of carboxylic acids is 2. The molecule has 44 heteroatoms. The average molecular weight is 1600 g/mol. The molecule has 0 radical (unpaired) electrons. The van der Waals surface area contributed by atoms with E-state index < -0.39 is 217 Å². The van der Waals surface area contributed by atoms with Crippen molar-refractivity contribution in [2.24, 2.45) is 22.9 Å². The minimum atomic E-state index is -2.05. The molecule has 1 fully saturated rings. The van der Waals surface area contributed by atoms with Gasteiger partial charge in [-0.05, 0) is 100 Å². The fourth-order valence-electron chi connectivity index (χ4n) is 12.4. The molecule has 2 unspecified atom stereocenters. The third-order valence-electron chi connectivity index (χ3n) is 18.4. The molecule has 0 spiro atoms. The lowest BCUT2D eigenvalue weighted by atomic mass is 10.0. The maximum atomic E-state index is 15.1. The molecule has 2 aliphatic rings. The first-order chi connectivity index (χ1) is 53.7. The highest BCUT2D eigenvalue weighted by atomic mass is 32.1. The normalized spacial score (nSPS) is 22.5. The number of urea groups is 1. The van der Waals surface area contributed by atoms with Gasteiger partial charge in [0.1, 0.15) is 78.3 Å². The molecule has 15 amide bonds. The van der Waals surface area contributed by atoms with Gasteiger partial charge >= 0.3 is 18.0 Å². The first-order valence-electron chi connectivity index (χ1n) is 36.4. The van der Waals surface area contributed by atoms with Crippen molar-refractivity contribution in [3.63, 3.8) is 0 Å². The lowest BCUT2D eigenvalue weighted by molar-refractivity contribution is -0.146. The van der Waals surface area contributed by atoms with Crippen LogP contribution < -0.4 is 92.1 Å². The quantitative estimate of drug-likeness (QED) is 0.0114. The van der Waals surface area contributed by atoms with Crippen molar-refractivity contribution in [2.45, 2.75) is 195 Å². The van der Waals surface area contributed by atoms with Crippen molar-refractivity contribution in [1.29, 1.82) is 5.41 Å². The van der Waals surface area contributed by atoms with Crippen molar-refractivity contribution >= 4 is 124 Å². The Bertz CT molecular complexity index is 4090. The van der Waals surface area contributed by atoms with E-state index in [1.54, 1.807) is 24.3 Å². The summed E-state index contributed by atoms with van der Waals surface area (Å²) in [5.41, 5.74) is 23.3. The Hall–Kier alpha value is -12.2. The summed E-state index contributed by atoms with van der Waals surface area (Å²) in [7, 11) is 0. The first-order valence-corrected chi connectivity index (χ1v) is 37.0. The molecule has 0 saturated carbocycles. The van der Waals surface area contributed by atoms with Gasteiger partial charge in [0.15, 0.2) is 5.96 Å². The molecule has 2 aromatic heterocycles. The zero-order valence-corrected chi connectivity index (χ0v) is 62.9. The Balaban J connectivity index is 1.47. The lowest BCUT2D eigenvalue weighted by Crippen LogP contribution is -2.62. The number of aliphatic hydroxyl groups excluding tert-OH is 1. The summed E-state index contributed by atoms with van der Waals surface area (Å²) in [5, 5.41) is 90.3. The number of aromatic amines is 1. The van der Waals surface area contributed by atoms with Gasteiger partial charge in [0, 0.05) is 80.9 Å². The summed E-state index contributed by atoms with van der Waals surface area (Å²) in [4.78, 5) is 227. The summed E-state index contributed by atoms with van der Waals surface area (Å²) in [6.07, 6.45) is -3.82. The predicted molar refractivity (Wildman–Crippen MR) is 402 cm³/mol. The number of aliphatic hydroxyl groups is 1. The number of hydrogen-bond donors (Lipinski definition) is 24. The van der Waals surface area contributed by atoms with Crippen LogP contribution in [0.2, 0.25) is 0 Å². The Morgan fingerprint density at radius 3 is 1.89 bits per heavy atom. The molecule has 0 aliphatic carbocycles. The Morgan fingerprint density at radius 1 is 0.690 bits per heavy atom. The molecule has 113 heavy (non-hydrogen) atoms. The standard InChI is InChI=1S/C69H99N23O20S/c1-3-40(78-53(96)30-70)56(99)84-47-28-37-32-91(90-89-37)24-8-14-44(58(101)86-49(67(110)111)26-35-16-18-38(94)19-17-35)79-60(103)45(20-21-52(71)95)81-61(104)46(27-36-31-77-41-11-5-4-10-39(36)41)83-57(100)42(13-7-23-76-69(74)112)80-63(106)50(33-113)87-59(102)43(12-6-22-75-68(72)73)82-64(107)51-15-9-25-92(51)66(109)48(29-54(97)98)85-65(108)55(34(2)93)88-62(47)105/h4-5,10-11,16-19,31-32,34,40,42-51,55,77,93-94,113H,3,6-9,12-15,20-30,33,70H2,1-2H3,(H2,71,95)(H,78,96)(H,79,103)(H,80,106)(H,81,104)(H,82,107)(H,83,100)(H,84,99)(H,85,108)(H,86,101)(H,87,102)(H,88,105)(H,97,98)(H,110,111)(H4,72,73,75)(H3,74,76,112)/t34-,40+,42+,43+,44-,45+,46?,47+,48+,49-,50+,51?,55+/m1/s1. The number of nitrogens with two attached hydrogens (primary N) is 4. The molecule has 4 aromatic rings. The molecule has 43 nitrogen and oxygen atoms in total. The van der Waals surface area contributed by atoms with Gasteiger partial charge in [0.05, 0.1) is 24.8 Å². The number of carboxylic acid groups (broad SMARTS) is 2. The molecular formula is C69H99N23O20S. The number of carbonyl (C=O) groups is 16. The molecule has 6 rings (SSSR count). The van der Waals surface area contributed by atoms with Crippen LogP contribution in [0, 0.1) is 5.41 Å². The van der Waals surface area contributed by atoms with E-state index in [2.05, 4.69) is 97.0 Å². The number of amides is 15. The minimum absolute atomic E-state index is 0.000360. The van der Waals surface area contributed by atoms with Gasteiger partial charge in [-0.2, -0.15) is 12.6 Å². The number of guanidine groups is 1. The number of rotatable bonds is 27. The van der Waals surface area contributed by atoms with Crippen molar-refractivity contribution in [1.82, 2.24) is 94.0 Å². The number of aromatic nitrogens is 4. The molecule has 2 aromatic carbocycles. The smallest absolute Gasteiger partial charge is 0.326 e. The van der Waals surface area contributed by atoms with Crippen LogP contribution in [0.25, 0.3) is 10.9 Å². The van der Waals surface area contributed by atoms with Crippen molar-refractivity contribution < 1.29 is 97.1 Å². The van der Waals surface area contributed by atoms with Crippen LogP contribution in [-0.2, 0) is 97.7 Å². The van der Waals surface area contributed by atoms with E-state index in [-0.39, 0.29) is 108 Å². The number of phenols is 1. The maximum Gasteiger partial charge on any atom is 0.326 e. The number of fused-ring (bicyclic) bond motifs is 4. The van der Waals surface area contributed by atoms with Crippen molar-refractivity contribution in [3.05, 3.63) is 77.7 Å². The molecule has 13 atom stereocenters. The van der Waals surface area contributed by atoms with E-state index in [0.29, 0.717) is 22.0 Å². The van der Waals surface area contributed by atoms with Crippen LogP contribution in [0.15, 0.2) is 60.9 Å². The lowest BCUT2D eigenvalue weighted by Gasteiger charge is -2.31. The van der Waals surface area contributed by atoms with Gasteiger partial charge < -0.3 is 122 Å². The van der Waals surface area contributed by atoms with E-state index in [9.17, 15) is 92.3 Å². The number of nitrogens with zero attached hydrogens (tertiary/aromatic N) is 4. The number of aliphatic carboxylic acids is 2. The van der Waals surface area contributed by atoms with E-state index in [1.165, 1.54) is 48.3 Å². The van der Waals surface area contributed by atoms with E-state index >= 15 is 4.79 Å². The minimum Gasteiger partial charge on any atom is -0.508 e. The Labute approximate surface area is 651 Å².